The van der Waals surface area contributed by atoms with E-state index in [1.807, 2.05) is 11.0 Å². The molecule has 0 unspecified atom stereocenters. The molecule has 41 heavy (non-hydrogen) atoms. The van der Waals surface area contributed by atoms with E-state index >= 15 is 0 Å². The molecule has 5 rings (SSSR count). The fourth-order valence-corrected chi connectivity index (χ4v) is 6.52. The first kappa shape index (κ1) is 28.1. The minimum absolute atomic E-state index is 0.115. The van der Waals surface area contributed by atoms with Crippen molar-refractivity contribution in [3.63, 3.8) is 0 Å². The molecule has 0 atom stereocenters. The number of pyridine rings is 1. The van der Waals surface area contributed by atoms with Crippen LogP contribution in [0.1, 0.15) is 39.9 Å². The van der Waals surface area contributed by atoms with Gasteiger partial charge in [0.15, 0.2) is 0 Å². The van der Waals surface area contributed by atoms with Crippen LogP contribution in [0.25, 0.3) is 0 Å². The number of nitriles is 1. The van der Waals surface area contributed by atoms with Gasteiger partial charge in [-0.2, -0.15) is 9.57 Å². The van der Waals surface area contributed by atoms with E-state index in [0.29, 0.717) is 54.6 Å². The van der Waals surface area contributed by atoms with E-state index in [1.165, 1.54) is 16.6 Å². The van der Waals surface area contributed by atoms with E-state index in [1.54, 1.807) is 49.1 Å². The van der Waals surface area contributed by atoms with Gasteiger partial charge in [-0.25, -0.2) is 18.4 Å². The number of nitrogens with zero attached hydrogens (tertiary/aromatic N) is 7. The minimum atomic E-state index is -3.78. The average Bonchev–Trinajstić information content (AvgIpc) is 3.40. The molecule has 0 saturated carbocycles. The third kappa shape index (κ3) is 5.75. The Kier molecular flexibility index (Phi) is 7.96. The van der Waals surface area contributed by atoms with E-state index in [9.17, 15) is 23.3 Å². The van der Waals surface area contributed by atoms with E-state index in [-0.39, 0.29) is 42.6 Å². The lowest BCUT2D eigenvalue weighted by molar-refractivity contribution is -0.142. The molecule has 0 radical (unpaired) electrons. The number of aryl methyl sites for hydroxylation is 1. The summed E-state index contributed by atoms with van der Waals surface area (Å²) >= 11 is 0. The molecule has 2 aromatic heterocycles. The third-order valence-corrected chi connectivity index (χ3v) is 8.94. The molecule has 2 aliphatic heterocycles. The Morgan fingerprint density at radius 2 is 1.85 bits per heavy atom. The summed E-state index contributed by atoms with van der Waals surface area (Å²) < 4.78 is 33.5. The van der Waals surface area contributed by atoms with E-state index in [2.05, 4.69) is 15.0 Å². The van der Waals surface area contributed by atoms with Crippen molar-refractivity contribution < 1.29 is 22.7 Å². The number of ether oxygens (including phenoxy) is 1. The van der Waals surface area contributed by atoms with Gasteiger partial charge in [-0.15, -0.1) is 0 Å². The normalized spacial score (nSPS) is 15.3. The fourth-order valence-electron chi connectivity index (χ4n) is 5.05. The number of carbonyl (C=O) groups is 2. The number of benzene rings is 1. The molecule has 212 valence electrons. The SMILES string of the molecule is CCOC(=O)Cc1ncccc1C(=O)N1CCc2cc(S(=O)(=O)N3CCN(c4nc(C)cc(C#N)n4)CC3)ccc21. The van der Waals surface area contributed by atoms with Gasteiger partial charge in [0.05, 0.1) is 29.2 Å². The zero-order valence-electron chi connectivity index (χ0n) is 22.8. The van der Waals surface area contributed by atoms with Crippen molar-refractivity contribution in [3.8, 4) is 6.07 Å². The molecule has 2 aliphatic rings. The highest BCUT2D eigenvalue weighted by Crippen LogP contribution is 2.33. The fraction of sp³-hybridized carbons (Fsp3) is 0.357. The number of rotatable bonds is 7. The average molecular weight is 576 g/mol. The van der Waals surface area contributed by atoms with Gasteiger partial charge in [-0.1, -0.05) is 0 Å². The first-order chi connectivity index (χ1) is 19.7. The summed E-state index contributed by atoms with van der Waals surface area (Å²) in [5.41, 5.74) is 2.98. The molecule has 0 spiro atoms. The predicted molar refractivity (Wildman–Crippen MR) is 149 cm³/mol. The smallest absolute Gasteiger partial charge is 0.311 e. The maximum atomic E-state index is 13.5. The van der Waals surface area contributed by atoms with Gasteiger partial charge >= 0.3 is 5.97 Å². The van der Waals surface area contributed by atoms with Crippen LogP contribution in [0.2, 0.25) is 0 Å². The van der Waals surface area contributed by atoms with Gasteiger partial charge < -0.3 is 14.5 Å². The van der Waals surface area contributed by atoms with E-state index in [4.69, 9.17) is 4.74 Å². The van der Waals surface area contributed by atoms with Gasteiger partial charge in [0.1, 0.15) is 11.8 Å². The predicted octanol–water partition coefficient (Wildman–Crippen LogP) is 1.87. The lowest BCUT2D eigenvalue weighted by Crippen LogP contribution is -2.49. The van der Waals surface area contributed by atoms with Crippen LogP contribution in [0.15, 0.2) is 47.5 Å². The van der Waals surface area contributed by atoms with Crippen molar-refractivity contribution >= 4 is 33.5 Å². The minimum Gasteiger partial charge on any atom is -0.466 e. The Bertz CT molecular complexity index is 1650. The molecule has 13 heteroatoms. The second-order valence-corrected chi connectivity index (χ2v) is 11.6. The highest BCUT2D eigenvalue weighted by atomic mass is 32.2. The molecule has 12 nitrogen and oxygen atoms in total. The maximum Gasteiger partial charge on any atom is 0.311 e. The Morgan fingerprint density at radius 3 is 2.59 bits per heavy atom. The summed E-state index contributed by atoms with van der Waals surface area (Å²) in [7, 11) is -3.78. The summed E-state index contributed by atoms with van der Waals surface area (Å²) in [6.45, 7) is 5.38. The molecular formula is C28H29N7O5S. The quantitative estimate of drug-likeness (QED) is 0.382. The van der Waals surface area contributed by atoms with E-state index < -0.39 is 16.0 Å². The van der Waals surface area contributed by atoms with Crippen molar-refractivity contribution in [2.75, 3.05) is 49.1 Å². The monoisotopic (exact) mass is 575 g/mol. The largest absolute Gasteiger partial charge is 0.466 e. The molecule has 1 amide bonds. The van der Waals surface area contributed by atoms with Gasteiger partial charge in [0.2, 0.25) is 16.0 Å². The number of fused-ring (bicyclic) bond motifs is 1. The Hall–Kier alpha value is -4.41. The number of aromatic nitrogens is 3. The third-order valence-electron chi connectivity index (χ3n) is 7.05. The van der Waals surface area contributed by atoms with Gasteiger partial charge in [0, 0.05) is 50.3 Å². The number of sulfonamides is 1. The second kappa shape index (κ2) is 11.6. The summed E-state index contributed by atoms with van der Waals surface area (Å²) in [6.07, 6.45) is 1.91. The van der Waals surface area contributed by atoms with Crippen molar-refractivity contribution in [2.24, 2.45) is 0 Å². The van der Waals surface area contributed by atoms with Gasteiger partial charge in [0.25, 0.3) is 5.91 Å². The number of amides is 1. The molecule has 1 fully saturated rings. The first-order valence-corrected chi connectivity index (χ1v) is 14.7. The van der Waals surface area contributed by atoms with Crippen LogP contribution in [0.4, 0.5) is 11.6 Å². The zero-order valence-corrected chi connectivity index (χ0v) is 23.6. The number of carbonyl (C=O) groups excluding carboxylic acids is 2. The van der Waals surface area contributed by atoms with Crippen LogP contribution in [-0.2, 0) is 32.4 Å². The first-order valence-electron chi connectivity index (χ1n) is 13.3. The van der Waals surface area contributed by atoms with Crippen LogP contribution < -0.4 is 9.80 Å². The summed E-state index contributed by atoms with van der Waals surface area (Å²) in [5, 5.41) is 9.20. The molecule has 0 aliphatic carbocycles. The van der Waals surface area contributed by atoms with Crippen LogP contribution in [0.3, 0.4) is 0 Å². The number of anilines is 2. The van der Waals surface area contributed by atoms with Crippen LogP contribution in [0, 0.1) is 18.3 Å². The van der Waals surface area contributed by atoms with Gasteiger partial charge in [-0.3, -0.25) is 14.6 Å². The van der Waals surface area contributed by atoms with Crippen molar-refractivity contribution in [3.05, 3.63) is 70.8 Å². The molecule has 0 bridgehead atoms. The van der Waals surface area contributed by atoms with Gasteiger partial charge in [-0.05, 0) is 62.2 Å². The second-order valence-electron chi connectivity index (χ2n) is 9.67. The molecule has 1 aromatic carbocycles. The highest BCUT2D eigenvalue weighted by molar-refractivity contribution is 7.89. The van der Waals surface area contributed by atoms with E-state index in [0.717, 1.165) is 5.56 Å². The number of hydrogen-bond acceptors (Lipinski definition) is 10. The molecular weight excluding hydrogens is 546 g/mol. The molecule has 1 saturated heterocycles. The lowest BCUT2D eigenvalue weighted by Gasteiger charge is -2.34. The maximum absolute atomic E-state index is 13.5. The standard InChI is InChI=1S/C28H29N7O5S/c1-3-40-26(36)17-24-23(5-4-9-30-24)27(37)35-10-8-20-16-22(6-7-25(20)35)41(38,39)34-13-11-33(12-14-34)28-31-19(2)15-21(18-29)32-28/h4-7,9,15-16H,3,8,10-14,17H2,1-2H3. The van der Waals surface area contributed by atoms with Crippen molar-refractivity contribution in [2.45, 2.75) is 31.6 Å². The molecule has 3 aromatic rings. The van der Waals surface area contributed by atoms with Crippen LogP contribution in [-0.4, -0.2) is 78.9 Å². The Morgan fingerprint density at radius 1 is 1.07 bits per heavy atom. The summed E-state index contributed by atoms with van der Waals surface area (Å²) in [4.78, 5) is 42.0. The summed E-state index contributed by atoms with van der Waals surface area (Å²) in [5.74, 6) is -0.350. The molecule has 4 heterocycles. The lowest BCUT2D eigenvalue weighted by atomic mass is 10.1. The Labute approximate surface area is 238 Å². The summed E-state index contributed by atoms with van der Waals surface area (Å²) in [6, 6.07) is 11.7. The number of esters is 1. The van der Waals surface area contributed by atoms with Crippen LogP contribution >= 0.6 is 0 Å². The topological polar surface area (TPSA) is 150 Å². The van der Waals surface area contributed by atoms with Crippen molar-refractivity contribution in [1.29, 1.82) is 5.26 Å². The molecule has 0 N–H and O–H groups in total. The highest BCUT2D eigenvalue weighted by Gasteiger charge is 2.33. The van der Waals surface area contributed by atoms with Crippen LogP contribution in [0.5, 0.6) is 0 Å². The van der Waals surface area contributed by atoms with Crippen molar-refractivity contribution in [1.82, 2.24) is 19.3 Å². The number of hydrogen-bond donors (Lipinski definition) is 0. The number of piperazine rings is 1. The zero-order chi connectivity index (χ0) is 29.1. The Balaban J connectivity index is 1.30.